The number of hydrogen-bond acceptors (Lipinski definition) is 5. The molecule has 2 rings (SSSR count). The van der Waals surface area contributed by atoms with Gasteiger partial charge in [0.1, 0.15) is 18.1 Å². The molecule has 0 aromatic heterocycles. The minimum absolute atomic E-state index is 0.0553. The summed E-state index contributed by atoms with van der Waals surface area (Å²) in [6.45, 7) is 2.83. The summed E-state index contributed by atoms with van der Waals surface area (Å²) in [5.41, 5.74) is 1.84. The summed E-state index contributed by atoms with van der Waals surface area (Å²) in [6.07, 6.45) is 0. The number of hydrogen-bond donors (Lipinski definition) is 3. The van der Waals surface area contributed by atoms with Gasteiger partial charge in [-0.2, -0.15) is 0 Å². The molecule has 0 atom stereocenters. The van der Waals surface area contributed by atoms with Gasteiger partial charge in [-0.15, -0.1) is 0 Å². The van der Waals surface area contributed by atoms with Crippen LogP contribution >= 0.6 is 12.2 Å². The molecule has 0 saturated carbocycles. The molecule has 2 aromatic carbocycles. The van der Waals surface area contributed by atoms with E-state index in [0.717, 1.165) is 5.56 Å². The summed E-state index contributed by atoms with van der Waals surface area (Å²) in [4.78, 5) is 12.2. The second kappa shape index (κ2) is 9.00. The molecule has 0 radical (unpaired) electrons. The largest absolute Gasteiger partial charge is 0.506 e. The number of phenolic OH excluding ortho intramolecular Hbond substituents is 1. The highest BCUT2D eigenvalue weighted by atomic mass is 32.1. The van der Waals surface area contributed by atoms with Crippen LogP contribution in [0.3, 0.4) is 0 Å². The van der Waals surface area contributed by atoms with Crippen molar-refractivity contribution >= 4 is 28.9 Å². The van der Waals surface area contributed by atoms with Gasteiger partial charge in [0.15, 0.2) is 5.11 Å². The quantitative estimate of drug-likeness (QED) is 0.418. The number of methoxy groups -OCH3 is 1. The van der Waals surface area contributed by atoms with Crippen molar-refractivity contribution in [3.63, 3.8) is 0 Å². The van der Waals surface area contributed by atoms with E-state index in [2.05, 4.69) is 10.6 Å². The van der Waals surface area contributed by atoms with Crippen LogP contribution in [0.2, 0.25) is 0 Å². The molecule has 0 bridgehead atoms. The van der Waals surface area contributed by atoms with Gasteiger partial charge in [0, 0.05) is 12.7 Å². The minimum Gasteiger partial charge on any atom is -0.506 e. The first kappa shape index (κ1) is 18.7. The van der Waals surface area contributed by atoms with E-state index in [1.807, 2.05) is 6.92 Å². The summed E-state index contributed by atoms with van der Waals surface area (Å²) < 4.78 is 10.3. The molecule has 3 N–H and O–H groups in total. The molecule has 0 heterocycles. The van der Waals surface area contributed by atoms with Crippen molar-refractivity contribution in [2.75, 3.05) is 25.6 Å². The van der Waals surface area contributed by atoms with Gasteiger partial charge < -0.3 is 19.9 Å². The van der Waals surface area contributed by atoms with Crippen LogP contribution in [0, 0.1) is 6.92 Å². The van der Waals surface area contributed by atoms with Crippen molar-refractivity contribution < 1.29 is 19.4 Å². The Morgan fingerprint density at radius 3 is 2.56 bits per heavy atom. The molecule has 0 aliphatic heterocycles. The molecule has 1 amide bonds. The fourth-order valence-electron chi connectivity index (χ4n) is 2.02. The van der Waals surface area contributed by atoms with Crippen LogP contribution in [-0.4, -0.2) is 36.4 Å². The molecular formula is C18H20N2O4S. The highest BCUT2D eigenvalue weighted by Crippen LogP contribution is 2.23. The molecule has 132 valence electrons. The van der Waals surface area contributed by atoms with Gasteiger partial charge in [-0.1, -0.05) is 6.07 Å². The van der Waals surface area contributed by atoms with E-state index in [1.165, 1.54) is 0 Å². The predicted octanol–water partition coefficient (Wildman–Crippen LogP) is 2.85. The van der Waals surface area contributed by atoms with E-state index >= 15 is 0 Å². The molecule has 25 heavy (non-hydrogen) atoms. The van der Waals surface area contributed by atoms with Gasteiger partial charge >= 0.3 is 0 Å². The predicted molar refractivity (Wildman–Crippen MR) is 100 cm³/mol. The molecular weight excluding hydrogens is 340 g/mol. The molecule has 2 aromatic rings. The van der Waals surface area contributed by atoms with Crippen molar-refractivity contribution in [2.45, 2.75) is 6.92 Å². The average Bonchev–Trinajstić information content (AvgIpc) is 2.59. The zero-order valence-electron chi connectivity index (χ0n) is 14.0. The molecule has 0 aliphatic rings. The van der Waals surface area contributed by atoms with E-state index in [9.17, 15) is 9.90 Å². The van der Waals surface area contributed by atoms with Crippen LogP contribution in [0.25, 0.3) is 0 Å². The van der Waals surface area contributed by atoms with E-state index < -0.39 is 0 Å². The lowest BCUT2D eigenvalue weighted by Crippen LogP contribution is -2.34. The highest BCUT2D eigenvalue weighted by molar-refractivity contribution is 7.80. The number of amides is 1. The van der Waals surface area contributed by atoms with Crippen LogP contribution in [0.4, 0.5) is 5.69 Å². The first-order chi connectivity index (χ1) is 12.0. The number of carbonyl (C=O) groups excluding carboxylic acids is 1. The maximum Gasteiger partial charge on any atom is 0.257 e. The third-order valence-corrected chi connectivity index (χ3v) is 3.50. The van der Waals surface area contributed by atoms with E-state index in [0.29, 0.717) is 30.2 Å². The Kier molecular flexibility index (Phi) is 6.73. The summed E-state index contributed by atoms with van der Waals surface area (Å²) in [6, 6.07) is 11.8. The fraction of sp³-hybridized carbons (Fsp3) is 0.222. The van der Waals surface area contributed by atoms with Gasteiger partial charge in [-0.05, 0) is 61.1 Å². The SMILES string of the molecule is COCCOc1ccc(C(=O)NC(=S)Nc2cc(C)ccc2O)cc1. The maximum absolute atomic E-state index is 12.2. The number of anilines is 1. The number of nitrogens with one attached hydrogen (secondary N) is 2. The number of carbonyl (C=O) groups is 1. The lowest BCUT2D eigenvalue weighted by molar-refractivity contribution is 0.0977. The second-order valence-electron chi connectivity index (χ2n) is 5.29. The number of benzene rings is 2. The van der Waals surface area contributed by atoms with Crippen molar-refractivity contribution in [2.24, 2.45) is 0 Å². The van der Waals surface area contributed by atoms with Gasteiger partial charge in [0.2, 0.25) is 0 Å². The Morgan fingerprint density at radius 2 is 1.88 bits per heavy atom. The first-order valence-electron chi connectivity index (χ1n) is 7.63. The van der Waals surface area contributed by atoms with E-state index in [4.69, 9.17) is 21.7 Å². The molecule has 6 nitrogen and oxygen atoms in total. The number of thiocarbonyl (C=S) groups is 1. The Morgan fingerprint density at radius 1 is 1.16 bits per heavy atom. The summed E-state index contributed by atoms with van der Waals surface area (Å²) in [5.74, 6) is 0.354. The van der Waals surface area contributed by atoms with Crippen LogP contribution in [-0.2, 0) is 4.74 Å². The topological polar surface area (TPSA) is 79.8 Å². The number of phenols is 1. The van der Waals surface area contributed by atoms with Gasteiger partial charge in [0.25, 0.3) is 5.91 Å². The lowest BCUT2D eigenvalue weighted by atomic mass is 10.2. The Balaban J connectivity index is 1.92. The zero-order valence-corrected chi connectivity index (χ0v) is 14.9. The summed E-state index contributed by atoms with van der Waals surface area (Å²) in [5, 5.41) is 15.3. The van der Waals surface area contributed by atoms with Crippen LogP contribution in [0.15, 0.2) is 42.5 Å². The van der Waals surface area contributed by atoms with Gasteiger partial charge in [0.05, 0.1) is 12.3 Å². The minimum atomic E-state index is -0.354. The Hall–Kier alpha value is -2.64. The normalized spacial score (nSPS) is 10.2. The van der Waals surface area contributed by atoms with Gasteiger partial charge in [-0.25, -0.2) is 0 Å². The first-order valence-corrected chi connectivity index (χ1v) is 8.04. The summed E-state index contributed by atoms with van der Waals surface area (Å²) in [7, 11) is 1.60. The van der Waals surface area contributed by atoms with E-state index in [1.54, 1.807) is 49.6 Å². The molecule has 0 saturated heterocycles. The monoisotopic (exact) mass is 360 g/mol. The van der Waals surface area contributed by atoms with Crippen LogP contribution in [0.1, 0.15) is 15.9 Å². The van der Waals surface area contributed by atoms with Crippen molar-refractivity contribution in [3.05, 3.63) is 53.6 Å². The standard InChI is InChI=1S/C18H20N2O4S/c1-12-3-8-16(21)15(11-12)19-18(25)20-17(22)13-4-6-14(7-5-13)24-10-9-23-2/h3-8,11,21H,9-10H2,1-2H3,(H2,19,20,22,25). The highest BCUT2D eigenvalue weighted by Gasteiger charge is 2.10. The number of ether oxygens (including phenoxy) is 2. The number of rotatable bonds is 6. The number of aryl methyl sites for hydroxylation is 1. The summed E-state index contributed by atoms with van der Waals surface area (Å²) >= 11 is 5.12. The third-order valence-electron chi connectivity index (χ3n) is 3.30. The van der Waals surface area contributed by atoms with Crippen molar-refractivity contribution in [1.82, 2.24) is 5.32 Å². The third kappa shape index (κ3) is 5.74. The molecule has 0 fully saturated rings. The second-order valence-corrected chi connectivity index (χ2v) is 5.70. The molecule has 0 spiro atoms. The fourth-order valence-corrected chi connectivity index (χ4v) is 2.23. The molecule has 0 unspecified atom stereocenters. The van der Waals surface area contributed by atoms with Crippen molar-refractivity contribution in [1.29, 1.82) is 0 Å². The van der Waals surface area contributed by atoms with E-state index in [-0.39, 0.29) is 16.8 Å². The number of aromatic hydroxyl groups is 1. The van der Waals surface area contributed by atoms with Crippen LogP contribution < -0.4 is 15.4 Å². The zero-order chi connectivity index (χ0) is 18.2. The average molecular weight is 360 g/mol. The maximum atomic E-state index is 12.2. The molecule has 0 aliphatic carbocycles. The van der Waals surface area contributed by atoms with Crippen molar-refractivity contribution in [3.8, 4) is 11.5 Å². The van der Waals surface area contributed by atoms with Gasteiger partial charge in [-0.3, -0.25) is 10.1 Å². The lowest BCUT2D eigenvalue weighted by Gasteiger charge is -2.12. The Bertz CT molecular complexity index is 747. The van der Waals surface area contributed by atoms with Crippen LogP contribution in [0.5, 0.6) is 11.5 Å². The molecule has 7 heteroatoms. The Labute approximate surface area is 151 Å². The smallest absolute Gasteiger partial charge is 0.257 e.